The van der Waals surface area contributed by atoms with Crippen LogP contribution in [0.4, 0.5) is 5.69 Å². The average Bonchev–Trinajstić information content (AvgIpc) is 2.75. The number of hydrogen-bond acceptors (Lipinski definition) is 5. The first-order chi connectivity index (χ1) is 14.9. The van der Waals surface area contributed by atoms with Crippen molar-refractivity contribution < 1.29 is 14.6 Å². The maximum Gasteiger partial charge on any atom is 0.253 e. The van der Waals surface area contributed by atoms with Gasteiger partial charge in [0, 0.05) is 35.9 Å². The first kappa shape index (κ1) is 22.6. The second kappa shape index (κ2) is 10.3. The van der Waals surface area contributed by atoms with E-state index >= 15 is 0 Å². The van der Waals surface area contributed by atoms with Gasteiger partial charge in [0.25, 0.3) is 5.56 Å². The summed E-state index contributed by atoms with van der Waals surface area (Å²) in [4.78, 5) is 17.5. The summed E-state index contributed by atoms with van der Waals surface area (Å²) in [5, 5.41) is 13.9. The molecule has 3 rings (SSSR count). The van der Waals surface area contributed by atoms with Gasteiger partial charge in [-0.15, -0.1) is 0 Å². The molecule has 2 aromatic carbocycles. The molecule has 0 saturated heterocycles. The van der Waals surface area contributed by atoms with Crippen LogP contribution in [0.15, 0.2) is 47.3 Å². The monoisotopic (exact) mass is 441 g/mol. The summed E-state index contributed by atoms with van der Waals surface area (Å²) in [5.41, 5.74) is 3.01. The van der Waals surface area contributed by atoms with Crippen molar-refractivity contribution in [1.29, 1.82) is 0 Å². The fraction of sp³-hybridized carbons (Fsp3) is 0.304. The Labute approximate surface area is 186 Å². The molecule has 1 heterocycles. The van der Waals surface area contributed by atoms with Crippen molar-refractivity contribution in [3.05, 3.63) is 63.9 Å². The second-order valence-electron chi connectivity index (χ2n) is 7.22. The molecule has 0 fully saturated rings. The van der Waals surface area contributed by atoms with Gasteiger partial charge in [-0.25, -0.2) is 0 Å². The third-order valence-corrected chi connectivity index (χ3v) is 5.29. The van der Waals surface area contributed by atoms with Gasteiger partial charge in [0.15, 0.2) is 16.6 Å². The van der Waals surface area contributed by atoms with Gasteiger partial charge in [-0.3, -0.25) is 4.79 Å². The Morgan fingerprint density at radius 2 is 1.90 bits per heavy atom. The Balaban J connectivity index is 1.90. The van der Waals surface area contributed by atoms with E-state index in [1.165, 1.54) is 0 Å². The lowest BCUT2D eigenvalue weighted by Gasteiger charge is -2.26. The standard InChI is InChI=1S/C23H27N3O4S/c1-15-6-4-7-18(10-15)24-23(31)26(8-5-9-27)14-17-11-16-12-20(29-2)21(30-3)13-19(16)25-22(17)28/h4,6-7,10-13,27H,5,8-9,14H2,1-3H3,(H,24,31)(H,25,28). The highest BCUT2D eigenvalue weighted by molar-refractivity contribution is 7.80. The molecular weight excluding hydrogens is 414 g/mol. The van der Waals surface area contributed by atoms with Gasteiger partial charge in [0.2, 0.25) is 0 Å². The van der Waals surface area contributed by atoms with Crippen LogP contribution in [0.3, 0.4) is 0 Å². The molecular formula is C23H27N3O4S. The minimum atomic E-state index is -0.202. The zero-order chi connectivity index (χ0) is 22.4. The molecule has 0 aliphatic rings. The number of aryl methyl sites for hydroxylation is 1. The number of hydrogen-bond donors (Lipinski definition) is 3. The van der Waals surface area contributed by atoms with Crippen LogP contribution in [0.1, 0.15) is 17.5 Å². The molecule has 164 valence electrons. The number of nitrogens with zero attached hydrogens (tertiary/aromatic N) is 1. The van der Waals surface area contributed by atoms with Gasteiger partial charge in [-0.2, -0.15) is 0 Å². The summed E-state index contributed by atoms with van der Waals surface area (Å²) in [6.45, 7) is 2.86. The lowest BCUT2D eigenvalue weighted by molar-refractivity contribution is 0.266. The van der Waals surface area contributed by atoms with Crippen LogP contribution in [0.2, 0.25) is 0 Å². The second-order valence-corrected chi connectivity index (χ2v) is 7.60. The van der Waals surface area contributed by atoms with Gasteiger partial charge in [0.05, 0.1) is 26.3 Å². The number of ether oxygens (including phenoxy) is 2. The van der Waals surface area contributed by atoms with Crippen molar-refractivity contribution in [3.63, 3.8) is 0 Å². The lowest BCUT2D eigenvalue weighted by Crippen LogP contribution is -2.37. The first-order valence-corrected chi connectivity index (χ1v) is 10.4. The van der Waals surface area contributed by atoms with Crippen LogP contribution in [0, 0.1) is 6.92 Å². The topological polar surface area (TPSA) is 86.8 Å². The molecule has 0 radical (unpaired) electrons. The van der Waals surface area contributed by atoms with Crippen molar-refractivity contribution in [2.75, 3.05) is 32.7 Å². The Morgan fingerprint density at radius 3 is 2.58 bits per heavy atom. The summed E-state index contributed by atoms with van der Waals surface area (Å²) in [6.07, 6.45) is 0.534. The molecule has 0 unspecified atom stereocenters. The van der Waals surface area contributed by atoms with Crippen LogP contribution in [0.25, 0.3) is 10.9 Å². The van der Waals surface area contributed by atoms with Crippen molar-refractivity contribution in [1.82, 2.24) is 9.88 Å². The number of aliphatic hydroxyl groups is 1. The third-order valence-electron chi connectivity index (χ3n) is 4.93. The highest BCUT2D eigenvalue weighted by Gasteiger charge is 2.15. The van der Waals surface area contributed by atoms with Gasteiger partial charge < -0.3 is 29.8 Å². The Morgan fingerprint density at radius 1 is 1.16 bits per heavy atom. The maximum absolute atomic E-state index is 12.8. The Bertz CT molecular complexity index is 1130. The number of benzene rings is 2. The Kier molecular flexibility index (Phi) is 7.49. The number of methoxy groups -OCH3 is 2. The predicted molar refractivity (Wildman–Crippen MR) is 127 cm³/mol. The number of aromatic amines is 1. The van der Waals surface area contributed by atoms with Crippen LogP contribution >= 0.6 is 12.2 Å². The molecule has 0 spiro atoms. The van der Waals surface area contributed by atoms with E-state index in [9.17, 15) is 9.90 Å². The number of aliphatic hydroxyl groups excluding tert-OH is 1. The number of anilines is 1. The predicted octanol–water partition coefficient (Wildman–Crippen LogP) is 3.44. The SMILES string of the molecule is COc1cc2cc(CN(CCCO)C(=S)Nc3cccc(C)c3)c(=O)[nH]c2cc1OC. The number of pyridine rings is 1. The molecule has 8 heteroatoms. The minimum absolute atomic E-state index is 0.0363. The zero-order valence-electron chi connectivity index (χ0n) is 17.9. The first-order valence-electron chi connectivity index (χ1n) is 9.96. The molecule has 0 bridgehead atoms. The molecule has 7 nitrogen and oxygen atoms in total. The summed E-state index contributed by atoms with van der Waals surface area (Å²) in [7, 11) is 3.12. The lowest BCUT2D eigenvalue weighted by atomic mass is 10.1. The highest BCUT2D eigenvalue weighted by Crippen LogP contribution is 2.31. The highest BCUT2D eigenvalue weighted by atomic mass is 32.1. The van der Waals surface area contributed by atoms with E-state index in [1.807, 2.05) is 48.2 Å². The van der Waals surface area contributed by atoms with Crippen molar-refractivity contribution >= 4 is 33.9 Å². The van der Waals surface area contributed by atoms with Crippen LogP contribution in [0.5, 0.6) is 11.5 Å². The average molecular weight is 442 g/mol. The van der Waals surface area contributed by atoms with E-state index in [-0.39, 0.29) is 12.2 Å². The maximum atomic E-state index is 12.8. The van der Waals surface area contributed by atoms with Crippen LogP contribution in [-0.2, 0) is 6.54 Å². The number of nitrogens with one attached hydrogen (secondary N) is 2. The Hall–Kier alpha value is -3.10. The smallest absolute Gasteiger partial charge is 0.253 e. The largest absolute Gasteiger partial charge is 0.493 e. The summed E-state index contributed by atoms with van der Waals surface area (Å²) in [6, 6.07) is 13.3. The van der Waals surface area contributed by atoms with Gasteiger partial charge in [0.1, 0.15) is 0 Å². The van der Waals surface area contributed by atoms with E-state index in [0.29, 0.717) is 47.2 Å². The van der Waals surface area contributed by atoms with Crippen LogP contribution < -0.4 is 20.3 Å². The number of H-pyrrole nitrogens is 1. The van der Waals surface area contributed by atoms with Crippen molar-refractivity contribution in [2.45, 2.75) is 19.9 Å². The normalized spacial score (nSPS) is 10.7. The molecule has 3 aromatic rings. The summed E-state index contributed by atoms with van der Waals surface area (Å²) < 4.78 is 10.7. The third kappa shape index (κ3) is 5.53. The van der Waals surface area contributed by atoms with E-state index in [0.717, 1.165) is 16.6 Å². The summed E-state index contributed by atoms with van der Waals surface area (Å²) >= 11 is 5.61. The van der Waals surface area contributed by atoms with Gasteiger partial charge in [-0.05, 0) is 55.4 Å². The molecule has 0 aliphatic heterocycles. The molecule has 3 N–H and O–H groups in total. The van der Waals surface area contributed by atoms with Gasteiger partial charge in [-0.1, -0.05) is 12.1 Å². The van der Waals surface area contributed by atoms with E-state index in [4.69, 9.17) is 21.7 Å². The number of thiocarbonyl (C=S) groups is 1. The number of aromatic nitrogens is 1. The van der Waals surface area contributed by atoms with Crippen molar-refractivity contribution in [3.8, 4) is 11.5 Å². The molecule has 31 heavy (non-hydrogen) atoms. The number of rotatable bonds is 8. The van der Waals surface area contributed by atoms with E-state index < -0.39 is 0 Å². The molecule has 1 aromatic heterocycles. The molecule has 0 atom stereocenters. The van der Waals surface area contributed by atoms with E-state index in [1.54, 1.807) is 20.3 Å². The molecule has 0 saturated carbocycles. The quantitative estimate of drug-likeness (QED) is 0.462. The van der Waals surface area contributed by atoms with Crippen LogP contribution in [-0.4, -0.2) is 47.5 Å². The van der Waals surface area contributed by atoms with Crippen molar-refractivity contribution in [2.24, 2.45) is 0 Å². The summed E-state index contributed by atoms with van der Waals surface area (Å²) in [5.74, 6) is 1.13. The molecule has 0 amide bonds. The number of fused-ring (bicyclic) bond motifs is 1. The van der Waals surface area contributed by atoms with Gasteiger partial charge >= 0.3 is 0 Å². The van der Waals surface area contributed by atoms with E-state index in [2.05, 4.69) is 10.3 Å². The zero-order valence-corrected chi connectivity index (χ0v) is 18.7. The fourth-order valence-electron chi connectivity index (χ4n) is 3.34. The fourth-order valence-corrected chi connectivity index (χ4v) is 3.61. The minimum Gasteiger partial charge on any atom is -0.493 e. The molecule has 0 aliphatic carbocycles.